The molecule has 0 aliphatic carbocycles. The van der Waals surface area contributed by atoms with Crippen molar-refractivity contribution in [1.82, 2.24) is 9.80 Å². The molecule has 5 heteroatoms. The SMILES string of the molecule is CC(C)(C)CC(=O)N1CCC2(CC1)SCCN2C(=O)CCc1ccccc1. The summed E-state index contributed by atoms with van der Waals surface area (Å²) in [5, 5.41) is 0. The quantitative estimate of drug-likeness (QED) is 0.784. The van der Waals surface area contributed by atoms with Gasteiger partial charge in [0.1, 0.15) is 0 Å². The standard InChI is InChI=1S/C22H32N2O2S/c1-21(2,3)17-20(26)23-13-11-22(12-14-23)24(15-16-27-22)19(25)10-9-18-7-5-4-6-8-18/h4-8H,9-17H2,1-3H3. The molecule has 2 fully saturated rings. The smallest absolute Gasteiger partial charge is 0.224 e. The van der Waals surface area contributed by atoms with Gasteiger partial charge in [0.2, 0.25) is 11.8 Å². The molecule has 2 aliphatic heterocycles. The number of hydrogen-bond acceptors (Lipinski definition) is 3. The minimum absolute atomic E-state index is 0.0216. The first-order valence-corrected chi connectivity index (χ1v) is 11.0. The van der Waals surface area contributed by atoms with Gasteiger partial charge in [-0.25, -0.2) is 0 Å². The summed E-state index contributed by atoms with van der Waals surface area (Å²) in [5.74, 6) is 1.52. The van der Waals surface area contributed by atoms with Crippen LogP contribution in [0.15, 0.2) is 30.3 Å². The summed E-state index contributed by atoms with van der Waals surface area (Å²) in [6.45, 7) is 8.70. The van der Waals surface area contributed by atoms with Crippen LogP contribution in [0.4, 0.5) is 0 Å². The number of piperidine rings is 1. The van der Waals surface area contributed by atoms with Gasteiger partial charge in [-0.05, 0) is 30.2 Å². The highest BCUT2D eigenvalue weighted by Gasteiger charge is 2.46. The van der Waals surface area contributed by atoms with Crippen LogP contribution in [-0.2, 0) is 16.0 Å². The van der Waals surface area contributed by atoms with Crippen molar-refractivity contribution >= 4 is 23.6 Å². The normalized spacial score (nSPS) is 19.5. The summed E-state index contributed by atoms with van der Waals surface area (Å²) in [6, 6.07) is 10.2. The number of benzene rings is 1. The second-order valence-corrected chi connectivity index (χ2v) is 10.4. The molecule has 4 nitrogen and oxygen atoms in total. The Morgan fingerprint density at radius 1 is 1.04 bits per heavy atom. The van der Waals surface area contributed by atoms with Crippen LogP contribution in [-0.4, -0.2) is 51.9 Å². The molecule has 0 bridgehead atoms. The first-order valence-electron chi connectivity index (χ1n) is 10.1. The number of nitrogens with zero attached hydrogens (tertiary/aromatic N) is 2. The van der Waals surface area contributed by atoms with E-state index in [0.717, 1.165) is 44.6 Å². The molecule has 0 radical (unpaired) electrons. The van der Waals surface area contributed by atoms with Crippen LogP contribution in [0.2, 0.25) is 0 Å². The summed E-state index contributed by atoms with van der Waals surface area (Å²) in [7, 11) is 0. The molecular weight excluding hydrogens is 356 g/mol. The molecule has 0 unspecified atom stereocenters. The Morgan fingerprint density at radius 2 is 1.70 bits per heavy atom. The fourth-order valence-electron chi connectivity index (χ4n) is 4.08. The van der Waals surface area contributed by atoms with Gasteiger partial charge >= 0.3 is 0 Å². The fourth-order valence-corrected chi connectivity index (χ4v) is 5.55. The van der Waals surface area contributed by atoms with Crippen LogP contribution >= 0.6 is 11.8 Å². The maximum atomic E-state index is 12.9. The van der Waals surface area contributed by atoms with Crippen LogP contribution in [0.5, 0.6) is 0 Å². The van der Waals surface area contributed by atoms with Crippen molar-refractivity contribution in [3.63, 3.8) is 0 Å². The predicted octanol–water partition coefficient (Wildman–Crippen LogP) is 3.95. The molecule has 0 N–H and O–H groups in total. The molecule has 148 valence electrons. The van der Waals surface area contributed by atoms with E-state index in [1.165, 1.54) is 5.56 Å². The molecular formula is C22H32N2O2S. The van der Waals surface area contributed by atoms with Crippen molar-refractivity contribution in [1.29, 1.82) is 0 Å². The molecule has 0 aromatic heterocycles. The van der Waals surface area contributed by atoms with E-state index in [1.54, 1.807) is 0 Å². The van der Waals surface area contributed by atoms with Gasteiger partial charge in [0.15, 0.2) is 0 Å². The number of carbonyl (C=O) groups is 2. The summed E-state index contributed by atoms with van der Waals surface area (Å²) < 4.78 is 0. The second kappa shape index (κ2) is 8.26. The third-order valence-corrected chi connectivity index (χ3v) is 7.08. The number of rotatable bonds is 4. The van der Waals surface area contributed by atoms with Crippen molar-refractivity contribution in [2.45, 2.75) is 57.7 Å². The minimum Gasteiger partial charge on any atom is -0.342 e. The van der Waals surface area contributed by atoms with E-state index >= 15 is 0 Å². The van der Waals surface area contributed by atoms with Crippen molar-refractivity contribution in [2.75, 3.05) is 25.4 Å². The summed E-state index contributed by atoms with van der Waals surface area (Å²) in [6.07, 6.45) is 3.74. The molecule has 2 amide bonds. The van der Waals surface area contributed by atoms with Gasteiger partial charge in [0.05, 0.1) is 4.87 Å². The third-order valence-electron chi connectivity index (χ3n) is 5.53. The summed E-state index contributed by atoms with van der Waals surface area (Å²) in [5.41, 5.74) is 1.24. The first-order chi connectivity index (χ1) is 12.8. The Kier molecular flexibility index (Phi) is 6.19. The molecule has 1 aromatic rings. The van der Waals surface area contributed by atoms with Crippen LogP contribution in [0.25, 0.3) is 0 Å². The van der Waals surface area contributed by atoms with Gasteiger partial charge in [-0.15, -0.1) is 11.8 Å². The molecule has 27 heavy (non-hydrogen) atoms. The van der Waals surface area contributed by atoms with E-state index in [4.69, 9.17) is 0 Å². The van der Waals surface area contributed by atoms with Gasteiger partial charge in [-0.1, -0.05) is 51.1 Å². The van der Waals surface area contributed by atoms with Crippen molar-refractivity contribution in [3.8, 4) is 0 Å². The molecule has 3 rings (SSSR count). The number of likely N-dealkylation sites (tertiary alicyclic amines) is 1. The molecule has 1 spiro atoms. The van der Waals surface area contributed by atoms with E-state index in [-0.39, 0.29) is 22.1 Å². The van der Waals surface area contributed by atoms with Gasteiger partial charge in [0, 0.05) is 38.2 Å². The van der Waals surface area contributed by atoms with Gasteiger partial charge in [-0.2, -0.15) is 0 Å². The summed E-state index contributed by atoms with van der Waals surface area (Å²) in [4.78, 5) is 29.5. The highest BCUT2D eigenvalue weighted by molar-refractivity contribution is 8.00. The number of aryl methyl sites for hydroxylation is 1. The Balaban J connectivity index is 1.56. The number of carbonyl (C=O) groups excluding carboxylic acids is 2. The zero-order valence-electron chi connectivity index (χ0n) is 16.9. The first kappa shape index (κ1) is 20.2. The zero-order chi connectivity index (χ0) is 19.5. The van der Waals surface area contributed by atoms with E-state index in [0.29, 0.717) is 12.8 Å². The van der Waals surface area contributed by atoms with Crippen LogP contribution in [0.3, 0.4) is 0 Å². The molecule has 2 saturated heterocycles. The largest absolute Gasteiger partial charge is 0.342 e. The van der Waals surface area contributed by atoms with Crippen molar-refractivity contribution in [3.05, 3.63) is 35.9 Å². The van der Waals surface area contributed by atoms with Gasteiger partial charge in [0.25, 0.3) is 0 Å². The Labute approximate surface area is 167 Å². The minimum atomic E-state index is -0.0910. The maximum Gasteiger partial charge on any atom is 0.224 e. The van der Waals surface area contributed by atoms with Crippen molar-refractivity contribution in [2.24, 2.45) is 5.41 Å². The van der Waals surface area contributed by atoms with Gasteiger partial charge < -0.3 is 9.80 Å². The highest BCUT2D eigenvalue weighted by atomic mass is 32.2. The molecule has 0 atom stereocenters. The molecule has 0 saturated carbocycles. The Bertz CT molecular complexity index is 661. The van der Waals surface area contributed by atoms with Crippen LogP contribution < -0.4 is 0 Å². The van der Waals surface area contributed by atoms with Gasteiger partial charge in [-0.3, -0.25) is 9.59 Å². The monoisotopic (exact) mass is 388 g/mol. The average molecular weight is 389 g/mol. The van der Waals surface area contributed by atoms with Crippen LogP contribution in [0, 0.1) is 5.41 Å². The van der Waals surface area contributed by atoms with Crippen molar-refractivity contribution < 1.29 is 9.59 Å². The maximum absolute atomic E-state index is 12.9. The lowest BCUT2D eigenvalue weighted by Gasteiger charge is -2.44. The number of hydrogen-bond donors (Lipinski definition) is 0. The lowest BCUT2D eigenvalue weighted by atomic mass is 9.91. The number of thioether (sulfide) groups is 1. The number of amides is 2. The van der Waals surface area contributed by atoms with E-state index in [1.807, 2.05) is 34.9 Å². The Morgan fingerprint density at radius 3 is 2.33 bits per heavy atom. The third kappa shape index (κ3) is 5.07. The average Bonchev–Trinajstić information content (AvgIpc) is 3.03. The molecule has 2 heterocycles. The second-order valence-electron chi connectivity index (χ2n) is 8.94. The zero-order valence-corrected chi connectivity index (χ0v) is 17.7. The lowest BCUT2D eigenvalue weighted by Crippen LogP contribution is -2.53. The predicted molar refractivity (Wildman–Crippen MR) is 112 cm³/mol. The van der Waals surface area contributed by atoms with Crippen LogP contribution in [0.1, 0.15) is 52.0 Å². The summed E-state index contributed by atoms with van der Waals surface area (Å²) >= 11 is 1.92. The fraction of sp³-hybridized carbons (Fsp3) is 0.636. The van der Waals surface area contributed by atoms with E-state index < -0.39 is 0 Å². The molecule has 2 aliphatic rings. The topological polar surface area (TPSA) is 40.6 Å². The van der Waals surface area contributed by atoms with E-state index in [2.05, 4.69) is 37.8 Å². The van der Waals surface area contributed by atoms with E-state index in [9.17, 15) is 9.59 Å². The Hall–Kier alpha value is -1.49. The lowest BCUT2D eigenvalue weighted by molar-refractivity contribution is -0.138. The highest BCUT2D eigenvalue weighted by Crippen LogP contribution is 2.44. The molecule has 1 aromatic carbocycles.